The van der Waals surface area contributed by atoms with Gasteiger partial charge >= 0.3 is 12.3 Å². The second-order valence-electron chi connectivity index (χ2n) is 8.53. The maximum absolute atomic E-state index is 13.4. The largest absolute Gasteiger partial charge is 0.450 e. The number of hydrogen-bond donors (Lipinski definition) is 1. The van der Waals surface area contributed by atoms with Crippen molar-refractivity contribution in [3.63, 3.8) is 0 Å². The van der Waals surface area contributed by atoms with E-state index in [1.165, 1.54) is 6.07 Å². The van der Waals surface area contributed by atoms with Gasteiger partial charge in [-0.25, -0.2) is 9.69 Å². The number of alkyl halides is 3. The first-order valence-corrected chi connectivity index (χ1v) is 10.00. The first-order chi connectivity index (χ1) is 14.9. The van der Waals surface area contributed by atoms with Gasteiger partial charge in [-0.2, -0.15) is 18.4 Å². The number of benzene rings is 1. The highest BCUT2D eigenvalue weighted by Gasteiger charge is 2.76. The number of anilines is 1. The Morgan fingerprint density at radius 2 is 1.97 bits per heavy atom. The van der Waals surface area contributed by atoms with E-state index in [1.807, 2.05) is 0 Å². The van der Waals surface area contributed by atoms with Gasteiger partial charge in [0.15, 0.2) is 0 Å². The van der Waals surface area contributed by atoms with Crippen LogP contribution in [0.3, 0.4) is 0 Å². The number of ether oxygens (including phenoxy) is 2. The Kier molecular flexibility index (Phi) is 4.78. The summed E-state index contributed by atoms with van der Waals surface area (Å²) in [5.41, 5.74) is -4.44. The quantitative estimate of drug-likeness (QED) is 0.708. The van der Waals surface area contributed by atoms with Crippen molar-refractivity contribution in [2.24, 2.45) is 11.8 Å². The number of imide groups is 1. The molecule has 1 aromatic carbocycles. The van der Waals surface area contributed by atoms with Crippen molar-refractivity contribution in [1.82, 2.24) is 5.32 Å². The summed E-state index contributed by atoms with van der Waals surface area (Å²) in [4.78, 5) is 39.3. The van der Waals surface area contributed by atoms with Crippen molar-refractivity contribution in [1.29, 1.82) is 5.26 Å². The number of hydrogen-bond acceptors (Lipinski definition) is 6. The van der Waals surface area contributed by atoms with Crippen molar-refractivity contribution in [2.45, 2.75) is 50.6 Å². The topological polar surface area (TPSA) is 109 Å². The monoisotopic (exact) mass is 451 g/mol. The molecule has 3 saturated heterocycles. The highest BCUT2D eigenvalue weighted by molar-refractivity contribution is 6.23. The molecule has 3 heterocycles. The molecule has 170 valence electrons. The van der Waals surface area contributed by atoms with E-state index in [0.29, 0.717) is 6.07 Å². The zero-order chi connectivity index (χ0) is 23.6. The first kappa shape index (κ1) is 22.1. The van der Waals surface area contributed by atoms with E-state index in [2.05, 4.69) is 5.32 Å². The standard InChI is InChI=1S/C21H20F3N3O5/c1-4-31-18(30)26-13-8-19(2)14-15(20(13,3)32-19)17(29)27(16(14)28)11-6-5-10(9-25)12(7-11)21(22,23)24/h5-7,13-15H,4,8H2,1-3H3,(H,26,30)/t13-,14+,15-,19+,20-/m0/s1. The van der Waals surface area contributed by atoms with Crippen LogP contribution in [0.5, 0.6) is 0 Å². The average molecular weight is 451 g/mol. The maximum Gasteiger partial charge on any atom is 0.417 e. The lowest BCUT2D eigenvalue weighted by atomic mass is 9.66. The SMILES string of the molecule is CCOC(=O)N[C@H]1C[C@@]2(C)O[C@]1(C)[C@@H]1C(=O)N(c3ccc(C#N)c(C(F)(F)F)c3)C(=O)[C@@H]12. The molecule has 0 aromatic heterocycles. The number of nitrogens with zero attached hydrogens (tertiary/aromatic N) is 2. The summed E-state index contributed by atoms with van der Waals surface area (Å²) in [5, 5.41) is 11.7. The van der Waals surface area contributed by atoms with E-state index < -0.39 is 64.3 Å². The molecule has 0 aliphatic carbocycles. The van der Waals surface area contributed by atoms with Crippen molar-refractivity contribution in [3.05, 3.63) is 29.3 Å². The van der Waals surface area contributed by atoms with Crippen LogP contribution in [0, 0.1) is 23.2 Å². The molecule has 4 rings (SSSR count). The predicted molar refractivity (Wildman–Crippen MR) is 102 cm³/mol. The van der Waals surface area contributed by atoms with Gasteiger partial charge in [-0.3, -0.25) is 9.59 Å². The van der Waals surface area contributed by atoms with Gasteiger partial charge in [0.1, 0.15) is 0 Å². The lowest BCUT2D eigenvalue weighted by Crippen LogP contribution is -2.56. The molecule has 3 fully saturated rings. The van der Waals surface area contributed by atoms with Crippen LogP contribution >= 0.6 is 0 Å². The number of amides is 3. The summed E-state index contributed by atoms with van der Waals surface area (Å²) >= 11 is 0. The van der Waals surface area contributed by atoms with Crippen LogP contribution in [-0.2, 0) is 25.2 Å². The average Bonchev–Trinajstić information content (AvgIpc) is 3.21. The lowest BCUT2D eigenvalue weighted by Gasteiger charge is -2.35. The molecular formula is C21H20F3N3O5. The molecule has 0 radical (unpaired) electrons. The van der Waals surface area contributed by atoms with E-state index in [1.54, 1.807) is 20.8 Å². The van der Waals surface area contributed by atoms with Crippen LogP contribution < -0.4 is 10.2 Å². The Morgan fingerprint density at radius 1 is 1.31 bits per heavy atom. The van der Waals surface area contributed by atoms with Crippen LogP contribution in [0.15, 0.2) is 18.2 Å². The molecule has 3 amide bonds. The molecule has 3 aliphatic rings. The number of carbonyl (C=O) groups excluding carboxylic acids is 3. The molecule has 2 bridgehead atoms. The summed E-state index contributed by atoms with van der Waals surface area (Å²) in [6, 6.07) is 3.56. The summed E-state index contributed by atoms with van der Waals surface area (Å²) in [7, 11) is 0. The van der Waals surface area contributed by atoms with Crippen LogP contribution in [0.1, 0.15) is 38.3 Å². The third kappa shape index (κ3) is 2.97. The molecule has 3 aliphatic heterocycles. The van der Waals surface area contributed by atoms with Crippen LogP contribution in [0.4, 0.5) is 23.7 Å². The second kappa shape index (κ2) is 6.93. The number of carbonyl (C=O) groups is 3. The Balaban J connectivity index is 1.72. The summed E-state index contributed by atoms with van der Waals surface area (Å²) in [6.07, 6.45) is -5.29. The molecule has 0 spiro atoms. The van der Waals surface area contributed by atoms with E-state index in [9.17, 15) is 27.6 Å². The van der Waals surface area contributed by atoms with Crippen molar-refractivity contribution < 1.29 is 37.0 Å². The number of rotatable bonds is 3. The number of nitriles is 1. The van der Waals surface area contributed by atoms with Crippen LogP contribution in [-0.4, -0.2) is 41.8 Å². The third-order valence-electron chi connectivity index (χ3n) is 6.59. The van der Waals surface area contributed by atoms with E-state index in [0.717, 1.165) is 17.0 Å². The molecular weight excluding hydrogens is 431 g/mol. The Hall–Kier alpha value is -3.13. The minimum Gasteiger partial charge on any atom is -0.450 e. The minimum absolute atomic E-state index is 0.144. The van der Waals surface area contributed by atoms with Gasteiger partial charge in [-0.05, 0) is 39.0 Å². The fourth-order valence-electron chi connectivity index (χ4n) is 5.32. The zero-order valence-electron chi connectivity index (χ0n) is 17.4. The van der Waals surface area contributed by atoms with E-state index >= 15 is 0 Å². The maximum atomic E-state index is 13.4. The van der Waals surface area contributed by atoms with Gasteiger partial charge in [0.05, 0.1) is 58.6 Å². The van der Waals surface area contributed by atoms with Crippen molar-refractivity contribution in [3.8, 4) is 6.07 Å². The molecule has 8 nitrogen and oxygen atoms in total. The van der Waals surface area contributed by atoms with Gasteiger partial charge in [0.25, 0.3) is 0 Å². The third-order valence-corrected chi connectivity index (χ3v) is 6.59. The van der Waals surface area contributed by atoms with E-state index in [4.69, 9.17) is 14.7 Å². The smallest absolute Gasteiger partial charge is 0.417 e. The highest BCUT2D eigenvalue weighted by atomic mass is 19.4. The molecule has 32 heavy (non-hydrogen) atoms. The molecule has 5 atom stereocenters. The van der Waals surface area contributed by atoms with Gasteiger partial charge in [0.2, 0.25) is 11.8 Å². The normalized spacial score (nSPS) is 33.3. The van der Waals surface area contributed by atoms with Gasteiger partial charge < -0.3 is 14.8 Å². The fraction of sp³-hybridized carbons (Fsp3) is 0.524. The van der Waals surface area contributed by atoms with E-state index in [-0.39, 0.29) is 18.7 Å². The minimum atomic E-state index is -4.84. The van der Waals surface area contributed by atoms with Gasteiger partial charge in [0, 0.05) is 6.42 Å². The lowest BCUT2D eigenvalue weighted by molar-refractivity contribution is -0.138. The van der Waals surface area contributed by atoms with Crippen molar-refractivity contribution in [2.75, 3.05) is 11.5 Å². The highest BCUT2D eigenvalue weighted by Crippen LogP contribution is 2.61. The summed E-state index contributed by atoms with van der Waals surface area (Å²) in [6.45, 7) is 5.04. The summed E-state index contributed by atoms with van der Waals surface area (Å²) in [5.74, 6) is -3.28. The number of halogens is 3. The van der Waals surface area contributed by atoms with Crippen molar-refractivity contribution >= 4 is 23.6 Å². The van der Waals surface area contributed by atoms with Crippen LogP contribution in [0.2, 0.25) is 0 Å². The van der Waals surface area contributed by atoms with Gasteiger partial charge in [-0.15, -0.1) is 0 Å². The second-order valence-corrected chi connectivity index (χ2v) is 8.53. The molecule has 0 unspecified atom stereocenters. The van der Waals surface area contributed by atoms with Gasteiger partial charge in [-0.1, -0.05) is 0 Å². The number of nitrogens with one attached hydrogen (secondary N) is 1. The first-order valence-electron chi connectivity index (χ1n) is 10.00. The zero-order valence-corrected chi connectivity index (χ0v) is 17.4. The molecule has 1 N–H and O–H groups in total. The Labute approximate surface area is 181 Å². The molecule has 1 aromatic rings. The molecule has 0 saturated carbocycles. The summed E-state index contributed by atoms with van der Waals surface area (Å²) < 4.78 is 51.2. The Bertz CT molecular complexity index is 1070. The number of alkyl carbamates (subject to hydrolysis) is 1. The molecule has 11 heteroatoms. The Morgan fingerprint density at radius 3 is 2.56 bits per heavy atom. The number of fused-ring (bicyclic) bond motifs is 5. The van der Waals surface area contributed by atoms with Crippen LogP contribution in [0.25, 0.3) is 0 Å². The fourth-order valence-corrected chi connectivity index (χ4v) is 5.32. The predicted octanol–water partition coefficient (Wildman–Crippen LogP) is 2.75.